The molecule has 0 aromatic carbocycles. The van der Waals surface area contributed by atoms with E-state index >= 15 is 0 Å². The topological polar surface area (TPSA) is 80.7 Å². The van der Waals surface area contributed by atoms with Crippen LogP contribution in [0.4, 0.5) is 8.78 Å². The maximum Gasteiger partial charge on any atom is 0.284 e. The van der Waals surface area contributed by atoms with E-state index in [9.17, 15) is 13.9 Å². The van der Waals surface area contributed by atoms with Crippen molar-refractivity contribution in [1.82, 2.24) is 4.98 Å². The highest BCUT2D eigenvalue weighted by Gasteiger charge is 2.19. The first-order valence-corrected chi connectivity index (χ1v) is 3.88. The van der Waals surface area contributed by atoms with Gasteiger partial charge in [0, 0.05) is 0 Å². The zero-order valence-electron chi connectivity index (χ0n) is 7.41. The third-order valence-electron chi connectivity index (χ3n) is 1.66. The Morgan fingerprint density at radius 3 is 2.60 bits per heavy atom. The van der Waals surface area contributed by atoms with Crippen LogP contribution in [0.15, 0.2) is 6.07 Å². The van der Waals surface area contributed by atoms with Gasteiger partial charge in [-0.3, -0.25) is 0 Å². The average Bonchev–Trinajstić information content (AvgIpc) is 2.20. The second-order valence-corrected chi connectivity index (χ2v) is 2.64. The minimum atomic E-state index is -2.98. The summed E-state index contributed by atoms with van der Waals surface area (Å²) in [5.74, 6) is -0.825. The van der Waals surface area contributed by atoms with Crippen LogP contribution in [0.1, 0.15) is 23.4 Å². The van der Waals surface area contributed by atoms with Crippen LogP contribution in [0.25, 0.3) is 0 Å². The molecule has 1 rings (SSSR count). The second-order valence-electron chi connectivity index (χ2n) is 2.64. The lowest BCUT2D eigenvalue weighted by atomic mass is 10.1. The highest BCUT2D eigenvalue weighted by Crippen LogP contribution is 2.29. The molecule has 0 spiro atoms. The molecule has 0 saturated heterocycles. The maximum absolute atomic E-state index is 12.3. The molecule has 0 radical (unpaired) electrons. The zero-order valence-corrected chi connectivity index (χ0v) is 7.41. The fourth-order valence-corrected chi connectivity index (χ4v) is 1.02. The van der Waals surface area contributed by atoms with Crippen LogP contribution >= 0.6 is 0 Å². The van der Waals surface area contributed by atoms with Crippen LogP contribution in [0.5, 0.6) is 5.75 Å². The van der Waals surface area contributed by atoms with Gasteiger partial charge in [-0.25, -0.2) is 13.8 Å². The molecule has 0 aliphatic rings. The standard InChI is InChI=1S/C9H5F2N3O/c10-9(11)7-8(15)5(4-13)3-6(14-7)1-2-12/h3,9,15H,1H2. The van der Waals surface area contributed by atoms with Gasteiger partial charge in [-0.05, 0) is 6.07 Å². The van der Waals surface area contributed by atoms with Crippen molar-refractivity contribution in [3.8, 4) is 17.9 Å². The summed E-state index contributed by atoms with van der Waals surface area (Å²) >= 11 is 0. The Morgan fingerprint density at radius 1 is 1.47 bits per heavy atom. The predicted octanol–water partition coefficient (Wildman–Crippen LogP) is 1.66. The average molecular weight is 209 g/mol. The summed E-state index contributed by atoms with van der Waals surface area (Å²) in [6, 6.07) is 4.39. The number of alkyl halides is 2. The van der Waals surface area contributed by atoms with Crippen molar-refractivity contribution >= 4 is 0 Å². The third kappa shape index (κ3) is 2.18. The molecule has 1 aromatic rings. The van der Waals surface area contributed by atoms with Gasteiger partial charge in [0.05, 0.1) is 23.7 Å². The zero-order chi connectivity index (χ0) is 11.4. The van der Waals surface area contributed by atoms with Crippen molar-refractivity contribution < 1.29 is 13.9 Å². The lowest BCUT2D eigenvalue weighted by molar-refractivity contribution is 0.141. The molecular weight excluding hydrogens is 204 g/mol. The van der Waals surface area contributed by atoms with Crippen LogP contribution in [-0.2, 0) is 6.42 Å². The van der Waals surface area contributed by atoms with E-state index in [1.807, 2.05) is 0 Å². The van der Waals surface area contributed by atoms with E-state index in [1.165, 1.54) is 0 Å². The van der Waals surface area contributed by atoms with E-state index in [1.54, 1.807) is 12.1 Å². The SMILES string of the molecule is N#CCc1cc(C#N)c(O)c(C(F)F)n1. The normalized spacial score (nSPS) is 9.67. The number of halogens is 2. The molecule has 0 unspecified atom stereocenters. The Hall–Kier alpha value is -2.21. The van der Waals surface area contributed by atoms with E-state index in [0.29, 0.717) is 0 Å². The lowest BCUT2D eigenvalue weighted by Crippen LogP contribution is -1.98. The first-order valence-electron chi connectivity index (χ1n) is 3.88. The molecule has 0 saturated carbocycles. The molecule has 1 heterocycles. The summed E-state index contributed by atoms with van der Waals surface area (Å²) in [7, 11) is 0. The molecule has 1 aromatic heterocycles. The van der Waals surface area contributed by atoms with Gasteiger partial charge in [0.25, 0.3) is 6.43 Å². The van der Waals surface area contributed by atoms with Crippen LogP contribution in [0, 0.1) is 22.7 Å². The molecular formula is C9H5F2N3O. The van der Waals surface area contributed by atoms with Gasteiger partial charge in [-0.15, -0.1) is 0 Å². The Bertz CT molecular complexity index is 460. The summed E-state index contributed by atoms with van der Waals surface area (Å²) in [6.45, 7) is 0. The van der Waals surface area contributed by atoms with E-state index in [2.05, 4.69) is 4.98 Å². The predicted molar refractivity (Wildman–Crippen MR) is 44.9 cm³/mol. The molecule has 0 aliphatic heterocycles. The van der Waals surface area contributed by atoms with Gasteiger partial charge < -0.3 is 5.11 Å². The largest absolute Gasteiger partial charge is 0.505 e. The van der Waals surface area contributed by atoms with E-state index < -0.39 is 17.9 Å². The number of rotatable bonds is 2. The highest BCUT2D eigenvalue weighted by molar-refractivity contribution is 5.46. The molecule has 1 N–H and O–H groups in total. The van der Waals surface area contributed by atoms with Crippen molar-refractivity contribution in [3.63, 3.8) is 0 Å². The van der Waals surface area contributed by atoms with Crippen molar-refractivity contribution in [2.75, 3.05) is 0 Å². The smallest absolute Gasteiger partial charge is 0.284 e. The van der Waals surface area contributed by atoms with Crippen molar-refractivity contribution in [3.05, 3.63) is 23.0 Å². The second kappa shape index (κ2) is 4.34. The number of pyridine rings is 1. The Balaban J connectivity index is 3.35. The molecule has 6 heteroatoms. The molecule has 0 atom stereocenters. The molecule has 76 valence electrons. The van der Waals surface area contributed by atoms with Crippen LogP contribution in [0.2, 0.25) is 0 Å². The molecule has 0 aliphatic carbocycles. The number of aromatic nitrogens is 1. The first-order chi connectivity index (χ1) is 7.10. The third-order valence-corrected chi connectivity index (χ3v) is 1.66. The monoisotopic (exact) mass is 209 g/mol. The number of nitriles is 2. The molecule has 0 amide bonds. The maximum atomic E-state index is 12.3. The van der Waals surface area contributed by atoms with Gasteiger partial charge in [0.2, 0.25) is 0 Å². The number of nitrogens with zero attached hydrogens (tertiary/aromatic N) is 3. The summed E-state index contributed by atoms with van der Waals surface area (Å²) in [4.78, 5) is 3.40. The molecule has 0 fully saturated rings. The van der Waals surface area contributed by atoms with Crippen LogP contribution in [-0.4, -0.2) is 10.1 Å². The summed E-state index contributed by atoms with van der Waals surface area (Å²) in [5.41, 5.74) is -1.12. The fraction of sp³-hybridized carbons (Fsp3) is 0.222. The van der Waals surface area contributed by atoms with Gasteiger partial charge in [0.1, 0.15) is 11.8 Å². The number of hydrogen-bond acceptors (Lipinski definition) is 4. The van der Waals surface area contributed by atoms with Gasteiger partial charge in [-0.2, -0.15) is 10.5 Å². The minimum Gasteiger partial charge on any atom is -0.505 e. The van der Waals surface area contributed by atoms with Gasteiger partial charge in [0.15, 0.2) is 5.75 Å². The Morgan fingerprint density at radius 2 is 2.13 bits per heavy atom. The molecule has 0 bridgehead atoms. The van der Waals surface area contributed by atoms with Crippen LogP contribution < -0.4 is 0 Å². The summed E-state index contributed by atoms with van der Waals surface area (Å²) in [5, 5.41) is 26.1. The molecule has 4 nitrogen and oxygen atoms in total. The molecule has 15 heavy (non-hydrogen) atoms. The van der Waals surface area contributed by atoms with Gasteiger partial charge in [-0.1, -0.05) is 0 Å². The van der Waals surface area contributed by atoms with Crippen LogP contribution in [0.3, 0.4) is 0 Å². The highest BCUT2D eigenvalue weighted by atomic mass is 19.3. The van der Waals surface area contributed by atoms with E-state index in [0.717, 1.165) is 6.07 Å². The Labute approximate surface area is 84.0 Å². The summed E-state index contributed by atoms with van der Waals surface area (Å²) in [6.07, 6.45) is -3.16. The Kier molecular flexibility index (Phi) is 3.14. The number of aromatic hydroxyl groups is 1. The quantitative estimate of drug-likeness (QED) is 0.803. The fourth-order valence-electron chi connectivity index (χ4n) is 1.02. The minimum absolute atomic E-state index is 0.0437. The first kappa shape index (κ1) is 10.9. The van der Waals surface area contributed by atoms with E-state index in [4.69, 9.17) is 10.5 Å². The van der Waals surface area contributed by atoms with E-state index in [-0.39, 0.29) is 17.7 Å². The lowest BCUT2D eigenvalue weighted by Gasteiger charge is -2.05. The van der Waals surface area contributed by atoms with Crippen molar-refractivity contribution in [2.45, 2.75) is 12.8 Å². The number of hydrogen-bond donors (Lipinski definition) is 1. The summed E-state index contributed by atoms with van der Waals surface area (Å²) < 4.78 is 24.7. The van der Waals surface area contributed by atoms with Crippen molar-refractivity contribution in [2.24, 2.45) is 0 Å². The van der Waals surface area contributed by atoms with Crippen molar-refractivity contribution in [1.29, 1.82) is 10.5 Å². The van der Waals surface area contributed by atoms with Gasteiger partial charge >= 0.3 is 0 Å².